The van der Waals surface area contributed by atoms with Crippen LogP contribution in [0.5, 0.6) is 0 Å². The van der Waals surface area contributed by atoms with E-state index in [4.69, 9.17) is 27.9 Å². The molecule has 0 spiro atoms. The summed E-state index contributed by atoms with van der Waals surface area (Å²) in [6.45, 7) is 9.37. The highest BCUT2D eigenvalue weighted by atomic mass is 35.5. The van der Waals surface area contributed by atoms with Gasteiger partial charge in [0.2, 0.25) is 0 Å². The molecule has 0 bridgehead atoms. The van der Waals surface area contributed by atoms with Crippen LogP contribution in [0.15, 0.2) is 18.2 Å². The van der Waals surface area contributed by atoms with Crippen molar-refractivity contribution >= 4 is 35.3 Å². The smallest absolute Gasteiger partial charge is 0.317 e. The molecule has 184 valence electrons. The van der Waals surface area contributed by atoms with Gasteiger partial charge in [-0.2, -0.15) is 0 Å². The Morgan fingerprint density at radius 3 is 2.52 bits per heavy atom. The molecule has 2 fully saturated rings. The van der Waals surface area contributed by atoms with Gasteiger partial charge >= 0.3 is 12.1 Å². The van der Waals surface area contributed by atoms with Crippen LogP contribution in [0, 0.1) is 5.92 Å². The zero-order valence-electron chi connectivity index (χ0n) is 19.4. The van der Waals surface area contributed by atoms with Crippen molar-refractivity contribution in [2.24, 2.45) is 5.92 Å². The van der Waals surface area contributed by atoms with Crippen LogP contribution in [0.25, 0.3) is 0 Å². The average Bonchev–Trinajstić information content (AvgIpc) is 2.79. The number of carbonyl (C=O) groups is 2. The highest BCUT2D eigenvalue weighted by Crippen LogP contribution is 2.23. The largest absolute Gasteiger partial charge is 0.374 e. The van der Waals surface area contributed by atoms with Gasteiger partial charge in [-0.3, -0.25) is 4.90 Å². The lowest BCUT2D eigenvalue weighted by Crippen LogP contribution is -2.50. The maximum absolute atomic E-state index is 12.3. The molecular weight excluding hydrogens is 465 g/mol. The Kier molecular flexibility index (Phi) is 9.92. The van der Waals surface area contributed by atoms with Crippen molar-refractivity contribution in [1.82, 2.24) is 25.8 Å². The molecule has 2 heterocycles. The molecule has 33 heavy (non-hydrogen) atoms. The highest BCUT2D eigenvalue weighted by Gasteiger charge is 2.24. The molecule has 4 amide bonds. The summed E-state index contributed by atoms with van der Waals surface area (Å²) in [5.74, 6) is 0.381. The highest BCUT2D eigenvalue weighted by molar-refractivity contribution is 6.42. The topological polar surface area (TPSA) is 85.9 Å². The molecule has 1 aromatic rings. The first-order valence-electron chi connectivity index (χ1n) is 11.6. The number of carbonyl (C=O) groups excluding carboxylic acids is 2. The van der Waals surface area contributed by atoms with Gasteiger partial charge in [-0.25, -0.2) is 9.59 Å². The standard InChI is InChI=1S/C23H35Cl2N5O3/c1-16(2)28-23(32)30-7-5-17(6-8-30)12-26-22(31)27-13-19-15-29(9-10-33-19)14-18-3-4-20(24)21(25)11-18/h3-4,11,16-17,19H,5-10,12-15H2,1-2H3,(H,28,32)(H2,26,27,31)/t19-/m0/s1. The molecular formula is C23H35Cl2N5O3. The van der Waals surface area contributed by atoms with E-state index in [1.165, 1.54) is 0 Å². The molecule has 0 saturated carbocycles. The molecule has 2 aliphatic rings. The Morgan fingerprint density at radius 1 is 1.09 bits per heavy atom. The Morgan fingerprint density at radius 2 is 1.82 bits per heavy atom. The third-order valence-corrected chi connectivity index (χ3v) is 6.71. The maximum Gasteiger partial charge on any atom is 0.317 e. The second-order valence-electron chi connectivity index (χ2n) is 9.10. The van der Waals surface area contributed by atoms with Crippen LogP contribution in [0.4, 0.5) is 9.59 Å². The lowest BCUT2D eigenvalue weighted by Gasteiger charge is -2.33. The van der Waals surface area contributed by atoms with Gasteiger partial charge in [-0.1, -0.05) is 29.3 Å². The Labute approximate surface area is 206 Å². The van der Waals surface area contributed by atoms with Crippen molar-refractivity contribution in [2.75, 3.05) is 45.9 Å². The molecule has 8 nitrogen and oxygen atoms in total. The minimum absolute atomic E-state index is 0.00478. The first-order chi connectivity index (χ1) is 15.8. The first kappa shape index (κ1) is 25.9. The third kappa shape index (κ3) is 8.52. The molecule has 0 radical (unpaired) electrons. The van der Waals surface area contributed by atoms with Crippen molar-refractivity contribution in [1.29, 1.82) is 0 Å². The minimum atomic E-state index is -0.180. The minimum Gasteiger partial charge on any atom is -0.374 e. The summed E-state index contributed by atoms with van der Waals surface area (Å²) in [7, 11) is 0. The number of ether oxygens (including phenoxy) is 1. The lowest BCUT2D eigenvalue weighted by molar-refractivity contribution is -0.0287. The fourth-order valence-corrected chi connectivity index (χ4v) is 4.45. The van der Waals surface area contributed by atoms with Gasteiger partial charge in [-0.05, 0) is 50.3 Å². The van der Waals surface area contributed by atoms with Crippen LogP contribution in [-0.4, -0.2) is 79.9 Å². The number of likely N-dealkylation sites (tertiary alicyclic amines) is 1. The maximum atomic E-state index is 12.3. The molecule has 2 aliphatic heterocycles. The van der Waals surface area contributed by atoms with Crippen LogP contribution < -0.4 is 16.0 Å². The zero-order chi connectivity index (χ0) is 23.8. The number of hydrogen-bond donors (Lipinski definition) is 3. The summed E-state index contributed by atoms with van der Waals surface area (Å²) in [6.07, 6.45) is 1.72. The summed E-state index contributed by atoms with van der Waals surface area (Å²) >= 11 is 12.1. The summed E-state index contributed by atoms with van der Waals surface area (Å²) < 4.78 is 5.82. The van der Waals surface area contributed by atoms with E-state index < -0.39 is 0 Å². The number of halogens is 2. The van der Waals surface area contributed by atoms with Gasteiger partial charge in [0.25, 0.3) is 0 Å². The molecule has 10 heteroatoms. The molecule has 1 aromatic carbocycles. The van der Waals surface area contributed by atoms with E-state index in [0.717, 1.165) is 51.1 Å². The molecule has 3 rings (SSSR count). The third-order valence-electron chi connectivity index (χ3n) is 5.97. The Balaban J connectivity index is 1.32. The van der Waals surface area contributed by atoms with Crippen LogP contribution in [0.3, 0.4) is 0 Å². The zero-order valence-corrected chi connectivity index (χ0v) is 20.9. The Hall–Kier alpha value is -1.74. The molecule has 0 aliphatic carbocycles. The van der Waals surface area contributed by atoms with Crippen molar-refractivity contribution in [3.8, 4) is 0 Å². The van der Waals surface area contributed by atoms with E-state index in [0.29, 0.717) is 35.7 Å². The van der Waals surface area contributed by atoms with E-state index in [1.54, 1.807) is 0 Å². The van der Waals surface area contributed by atoms with E-state index in [9.17, 15) is 9.59 Å². The monoisotopic (exact) mass is 499 g/mol. The number of nitrogens with one attached hydrogen (secondary N) is 3. The van der Waals surface area contributed by atoms with Crippen molar-refractivity contribution in [3.63, 3.8) is 0 Å². The van der Waals surface area contributed by atoms with Gasteiger partial charge in [-0.15, -0.1) is 0 Å². The molecule has 0 unspecified atom stereocenters. The summed E-state index contributed by atoms with van der Waals surface area (Å²) in [6, 6.07) is 5.63. The quantitative estimate of drug-likeness (QED) is 0.536. The van der Waals surface area contributed by atoms with Crippen molar-refractivity contribution in [2.45, 2.75) is 45.4 Å². The number of nitrogens with zero attached hydrogens (tertiary/aromatic N) is 2. The van der Waals surface area contributed by atoms with E-state index >= 15 is 0 Å². The number of morpholine rings is 1. The molecule has 0 aromatic heterocycles. The van der Waals surface area contributed by atoms with E-state index in [1.807, 2.05) is 36.9 Å². The normalized spacial score (nSPS) is 20.0. The van der Waals surface area contributed by atoms with Crippen molar-refractivity contribution < 1.29 is 14.3 Å². The average molecular weight is 500 g/mol. The summed E-state index contributed by atoms with van der Waals surface area (Å²) in [4.78, 5) is 28.5. The summed E-state index contributed by atoms with van der Waals surface area (Å²) in [5.41, 5.74) is 1.10. The number of amides is 4. The second-order valence-corrected chi connectivity index (χ2v) is 9.92. The number of rotatable bonds is 7. The van der Waals surface area contributed by atoms with E-state index in [2.05, 4.69) is 20.9 Å². The number of hydrogen-bond acceptors (Lipinski definition) is 4. The number of urea groups is 2. The molecule has 2 saturated heterocycles. The lowest BCUT2D eigenvalue weighted by atomic mass is 9.97. The van der Waals surface area contributed by atoms with Crippen LogP contribution in [0.2, 0.25) is 10.0 Å². The fraction of sp³-hybridized carbons (Fsp3) is 0.652. The van der Waals surface area contributed by atoms with Gasteiger partial charge in [0.15, 0.2) is 0 Å². The van der Waals surface area contributed by atoms with E-state index in [-0.39, 0.29) is 24.2 Å². The first-order valence-corrected chi connectivity index (χ1v) is 12.4. The van der Waals surface area contributed by atoms with Gasteiger partial charge in [0.1, 0.15) is 0 Å². The number of benzene rings is 1. The molecule has 1 atom stereocenters. The Bertz CT molecular complexity index is 802. The van der Waals surface area contributed by atoms with Gasteiger partial charge in [0, 0.05) is 51.9 Å². The predicted molar refractivity (Wildman–Crippen MR) is 131 cm³/mol. The van der Waals surface area contributed by atoms with Gasteiger partial charge < -0.3 is 25.6 Å². The van der Waals surface area contributed by atoms with Crippen molar-refractivity contribution in [3.05, 3.63) is 33.8 Å². The van der Waals surface area contributed by atoms with Gasteiger partial charge in [0.05, 0.1) is 22.8 Å². The summed E-state index contributed by atoms with van der Waals surface area (Å²) in [5, 5.41) is 9.93. The number of piperidine rings is 1. The molecule has 3 N–H and O–H groups in total. The van der Waals surface area contributed by atoms with Crippen LogP contribution in [-0.2, 0) is 11.3 Å². The second kappa shape index (κ2) is 12.6. The van der Waals surface area contributed by atoms with Crippen LogP contribution in [0.1, 0.15) is 32.3 Å². The van der Waals surface area contributed by atoms with Crippen LogP contribution >= 0.6 is 23.2 Å². The fourth-order valence-electron chi connectivity index (χ4n) is 4.13. The predicted octanol–water partition coefficient (Wildman–Crippen LogP) is 3.32. The SMILES string of the molecule is CC(C)NC(=O)N1CCC(CNC(=O)NC[C@H]2CN(Cc3ccc(Cl)c(Cl)c3)CCO2)CC1.